The van der Waals surface area contributed by atoms with Crippen molar-refractivity contribution in [2.24, 2.45) is 10.1 Å². The molecule has 0 aliphatic rings. The fourth-order valence-corrected chi connectivity index (χ4v) is 1.79. The van der Waals surface area contributed by atoms with E-state index >= 15 is 0 Å². The van der Waals surface area contributed by atoms with Gasteiger partial charge >= 0.3 is 0 Å². The van der Waals surface area contributed by atoms with Crippen molar-refractivity contribution in [3.05, 3.63) is 11.1 Å². The van der Waals surface area contributed by atoms with Crippen LogP contribution in [0.5, 0.6) is 0 Å². The van der Waals surface area contributed by atoms with Gasteiger partial charge in [0.15, 0.2) is 5.71 Å². The van der Waals surface area contributed by atoms with Gasteiger partial charge in [-0.1, -0.05) is 5.16 Å². The van der Waals surface area contributed by atoms with E-state index in [2.05, 4.69) is 35.9 Å². The number of carbonyl (C=O) groups excluding carboxylic acids is 1. The molecule has 0 saturated carbocycles. The van der Waals surface area contributed by atoms with E-state index in [1.54, 1.807) is 16.6 Å². The molecule has 92 valence electrons. The van der Waals surface area contributed by atoms with Gasteiger partial charge in [0.1, 0.15) is 12.8 Å². The van der Waals surface area contributed by atoms with Crippen molar-refractivity contribution >= 4 is 49.1 Å². The number of halogens is 1. The highest BCUT2D eigenvalue weighted by Gasteiger charge is 2.15. The van der Waals surface area contributed by atoms with Crippen LogP contribution in [-0.4, -0.2) is 47.8 Å². The first kappa shape index (κ1) is 13.8. The van der Waals surface area contributed by atoms with Crippen molar-refractivity contribution in [2.75, 3.05) is 21.2 Å². The molecule has 0 spiro atoms. The van der Waals surface area contributed by atoms with E-state index in [0.29, 0.717) is 10.8 Å². The minimum atomic E-state index is -0.382. The van der Waals surface area contributed by atoms with Gasteiger partial charge in [-0.2, -0.15) is 0 Å². The number of rotatable bonds is 5. The van der Waals surface area contributed by atoms with Crippen LogP contribution in [0.3, 0.4) is 0 Å². The Labute approximate surface area is 111 Å². The minimum Gasteiger partial charge on any atom is -0.398 e. The number of oxime groups is 1. The van der Waals surface area contributed by atoms with E-state index in [0.717, 1.165) is 0 Å². The third-order valence-corrected chi connectivity index (χ3v) is 2.63. The Hall–Kier alpha value is -1.28. The van der Waals surface area contributed by atoms with Crippen LogP contribution in [-0.2, 0) is 9.63 Å². The molecule has 1 aromatic rings. The summed E-state index contributed by atoms with van der Waals surface area (Å²) < 4.78 is -0.382. The van der Waals surface area contributed by atoms with Crippen LogP contribution in [0.1, 0.15) is 5.69 Å². The van der Waals surface area contributed by atoms with Gasteiger partial charge in [0.25, 0.3) is 4.69 Å². The van der Waals surface area contributed by atoms with Gasteiger partial charge < -0.3 is 9.74 Å². The predicted octanol–water partition coefficient (Wildman–Crippen LogP) is 1.64. The third-order valence-electron chi connectivity index (χ3n) is 1.50. The normalized spacial score (nSPS) is 11.9. The Morgan fingerprint density at radius 2 is 2.35 bits per heavy atom. The molecule has 0 N–H and O–H groups in total. The van der Waals surface area contributed by atoms with Gasteiger partial charge in [-0.3, -0.25) is 4.79 Å². The van der Waals surface area contributed by atoms with Crippen LogP contribution >= 0.6 is 27.3 Å². The Balaban J connectivity index is 2.93. The van der Waals surface area contributed by atoms with Crippen molar-refractivity contribution in [1.82, 2.24) is 9.88 Å². The maximum atomic E-state index is 11.2. The predicted molar refractivity (Wildman–Crippen MR) is 71.4 cm³/mol. The monoisotopic (exact) mass is 318 g/mol. The topological polar surface area (TPSA) is 67.2 Å². The first-order valence-corrected chi connectivity index (χ1v) is 6.19. The lowest BCUT2D eigenvalue weighted by molar-refractivity contribution is -0.105. The van der Waals surface area contributed by atoms with Crippen LogP contribution < -0.4 is 0 Å². The van der Waals surface area contributed by atoms with E-state index < -0.39 is 0 Å². The molecular formula is C9H11BrN4O2S. The van der Waals surface area contributed by atoms with Gasteiger partial charge in [-0.15, -0.1) is 11.3 Å². The van der Waals surface area contributed by atoms with Crippen molar-refractivity contribution < 1.29 is 9.63 Å². The number of hydrogen-bond donors (Lipinski definition) is 0. The lowest BCUT2D eigenvalue weighted by atomic mass is 10.3. The summed E-state index contributed by atoms with van der Waals surface area (Å²) in [6.45, 7) is 0. The minimum absolute atomic E-state index is 0.120. The second-order valence-electron chi connectivity index (χ2n) is 3.12. The van der Waals surface area contributed by atoms with Gasteiger partial charge in [-0.25, -0.2) is 9.98 Å². The first-order valence-electron chi connectivity index (χ1n) is 4.52. The largest absolute Gasteiger partial charge is 0.398 e. The van der Waals surface area contributed by atoms with E-state index in [9.17, 15) is 4.79 Å². The van der Waals surface area contributed by atoms with Crippen LogP contribution in [0.15, 0.2) is 15.5 Å². The average molecular weight is 319 g/mol. The molecule has 0 unspecified atom stereocenters. The summed E-state index contributed by atoms with van der Waals surface area (Å²) in [4.78, 5) is 25.9. The molecule has 0 aromatic carbocycles. The van der Waals surface area contributed by atoms with E-state index in [-0.39, 0.29) is 10.4 Å². The Morgan fingerprint density at radius 1 is 1.65 bits per heavy atom. The highest BCUT2D eigenvalue weighted by atomic mass is 79.9. The molecule has 0 bridgehead atoms. The first-order chi connectivity index (χ1) is 8.04. The molecular weight excluding hydrogens is 308 g/mol. The fourth-order valence-electron chi connectivity index (χ4n) is 0.872. The van der Waals surface area contributed by atoms with Crippen LogP contribution in [0.25, 0.3) is 0 Å². The molecule has 1 rings (SSSR count). The Bertz CT molecular complexity index is 456. The highest BCUT2D eigenvalue weighted by molar-refractivity contribution is 9.19. The molecule has 0 saturated heterocycles. The van der Waals surface area contributed by atoms with Crippen molar-refractivity contribution in [3.8, 4) is 0 Å². The van der Waals surface area contributed by atoms with Crippen molar-refractivity contribution in [2.45, 2.75) is 0 Å². The maximum absolute atomic E-state index is 11.2. The van der Waals surface area contributed by atoms with Crippen LogP contribution in [0.4, 0.5) is 5.13 Å². The second-order valence-corrected chi connectivity index (χ2v) is 4.68. The molecule has 0 aliphatic heterocycles. The third kappa shape index (κ3) is 4.23. The van der Waals surface area contributed by atoms with Crippen molar-refractivity contribution in [1.29, 1.82) is 0 Å². The molecule has 1 heterocycles. The summed E-state index contributed by atoms with van der Waals surface area (Å²) >= 11 is 4.14. The van der Waals surface area contributed by atoms with Crippen LogP contribution in [0.2, 0.25) is 0 Å². The molecule has 8 heteroatoms. The molecule has 0 aliphatic carbocycles. The molecule has 17 heavy (non-hydrogen) atoms. The zero-order chi connectivity index (χ0) is 12.8. The van der Waals surface area contributed by atoms with Gasteiger partial charge in [-0.05, 0) is 15.9 Å². The van der Waals surface area contributed by atoms with Crippen molar-refractivity contribution in [3.63, 3.8) is 0 Å². The Morgan fingerprint density at radius 3 is 2.88 bits per heavy atom. The maximum Gasteiger partial charge on any atom is 0.251 e. The number of carbonyl (C=O) groups is 1. The summed E-state index contributed by atoms with van der Waals surface area (Å²) in [6, 6.07) is 0. The Kier molecular flexibility index (Phi) is 5.23. The summed E-state index contributed by atoms with van der Waals surface area (Å²) in [6.07, 6.45) is 1.63. The average Bonchev–Trinajstić information content (AvgIpc) is 2.71. The second kappa shape index (κ2) is 6.45. The SMILES string of the molecule is CO/N=C(\C(=O)Br)c1csc(/N=C/N(C)C)n1. The smallest absolute Gasteiger partial charge is 0.251 e. The molecule has 0 atom stereocenters. The fraction of sp³-hybridized carbons (Fsp3) is 0.333. The van der Waals surface area contributed by atoms with E-state index in [4.69, 9.17) is 0 Å². The standard InChI is InChI=1S/C9H11BrN4O2S/c1-14(2)5-11-9-12-6(4-17-9)7(8(10)15)13-16-3/h4-5H,1-3H3/b11-5+,13-7-. The molecule has 1 aromatic heterocycles. The van der Waals surface area contributed by atoms with Gasteiger partial charge in [0.2, 0.25) is 5.13 Å². The highest BCUT2D eigenvalue weighted by Crippen LogP contribution is 2.19. The molecule has 6 nitrogen and oxygen atoms in total. The molecule has 0 fully saturated rings. The number of hydrogen-bond acceptors (Lipinski definition) is 6. The number of thiazole rings is 1. The lowest BCUT2D eigenvalue weighted by Crippen LogP contribution is -2.10. The summed E-state index contributed by atoms with van der Waals surface area (Å²) in [5.74, 6) is 0. The van der Waals surface area contributed by atoms with Gasteiger partial charge in [0, 0.05) is 19.5 Å². The summed E-state index contributed by atoms with van der Waals surface area (Å²) in [5.41, 5.74) is 0.555. The van der Waals surface area contributed by atoms with E-state index in [1.807, 2.05) is 14.1 Å². The summed E-state index contributed by atoms with van der Waals surface area (Å²) in [7, 11) is 5.09. The zero-order valence-corrected chi connectivity index (χ0v) is 11.9. The number of aromatic nitrogens is 1. The molecule has 0 radical (unpaired) electrons. The van der Waals surface area contributed by atoms with Gasteiger partial charge in [0.05, 0.1) is 6.34 Å². The van der Waals surface area contributed by atoms with Crippen LogP contribution in [0, 0.1) is 0 Å². The number of aliphatic imine (C=N–C) groups is 1. The van der Waals surface area contributed by atoms with E-state index in [1.165, 1.54) is 18.4 Å². The zero-order valence-electron chi connectivity index (χ0n) is 9.55. The number of nitrogens with zero attached hydrogens (tertiary/aromatic N) is 4. The quantitative estimate of drug-likeness (QED) is 0.358. The summed E-state index contributed by atoms with van der Waals surface area (Å²) in [5, 5.41) is 5.85. The lowest BCUT2D eigenvalue weighted by Gasteiger charge is -1.99. The molecule has 0 amide bonds.